The number of unbranched alkanes of at least 4 members (excludes halogenated alkanes) is 1. The SMILES string of the molecule is CC/C=C\C/C=C\C/C=C\C/C=C\C/C=C\C/C=C\CC/C=N/C(C)(C)C. The van der Waals surface area contributed by atoms with E-state index in [1.165, 1.54) is 0 Å². The number of nitrogens with zero attached hydrogens (tertiary/aromatic N) is 1. The van der Waals surface area contributed by atoms with Crippen LogP contribution in [-0.4, -0.2) is 11.8 Å². The third-order valence-electron chi connectivity index (χ3n) is 3.54. The Kier molecular flexibility index (Phi) is 17.6. The molecule has 0 bridgehead atoms. The van der Waals surface area contributed by atoms with E-state index in [0.717, 1.165) is 51.4 Å². The van der Waals surface area contributed by atoms with Gasteiger partial charge in [-0.2, -0.15) is 0 Å². The smallest absolute Gasteiger partial charge is 0.0520 e. The molecular weight excluding hydrogens is 326 g/mol. The first-order chi connectivity index (χ1) is 13.1. The van der Waals surface area contributed by atoms with Gasteiger partial charge in [0, 0.05) is 0 Å². The van der Waals surface area contributed by atoms with Gasteiger partial charge in [0.1, 0.15) is 0 Å². The lowest BCUT2D eigenvalue weighted by Crippen LogP contribution is -2.09. The third-order valence-corrected chi connectivity index (χ3v) is 3.54. The second-order valence-corrected chi connectivity index (χ2v) is 7.48. The average molecular weight is 368 g/mol. The predicted octanol–water partition coefficient (Wildman–Crippen LogP) is 8.33. The minimum atomic E-state index is 0.0541. The van der Waals surface area contributed by atoms with Gasteiger partial charge < -0.3 is 0 Å². The van der Waals surface area contributed by atoms with Crippen LogP contribution in [0.1, 0.15) is 79.1 Å². The fourth-order valence-electron chi connectivity index (χ4n) is 2.15. The highest BCUT2D eigenvalue weighted by Gasteiger charge is 2.03. The maximum Gasteiger partial charge on any atom is 0.0520 e. The Hall–Kier alpha value is -1.89. The van der Waals surface area contributed by atoms with Gasteiger partial charge in [0.15, 0.2) is 0 Å². The minimum Gasteiger partial charge on any atom is -0.292 e. The van der Waals surface area contributed by atoms with Crippen molar-refractivity contribution in [2.75, 3.05) is 0 Å². The van der Waals surface area contributed by atoms with Crippen LogP contribution in [0.15, 0.2) is 77.9 Å². The molecule has 0 aliphatic heterocycles. The summed E-state index contributed by atoms with van der Waals surface area (Å²) in [5.74, 6) is 0. The lowest BCUT2D eigenvalue weighted by molar-refractivity contribution is 0.585. The minimum absolute atomic E-state index is 0.0541. The molecule has 1 nitrogen and oxygen atoms in total. The Morgan fingerprint density at radius 2 is 0.889 bits per heavy atom. The van der Waals surface area contributed by atoms with Gasteiger partial charge in [0.2, 0.25) is 0 Å². The maximum atomic E-state index is 4.48. The molecule has 0 aromatic rings. The van der Waals surface area contributed by atoms with E-state index < -0.39 is 0 Å². The van der Waals surface area contributed by atoms with Crippen molar-refractivity contribution in [1.82, 2.24) is 0 Å². The molecule has 0 aromatic heterocycles. The predicted molar refractivity (Wildman–Crippen MR) is 126 cm³/mol. The lowest BCUT2D eigenvalue weighted by Gasteiger charge is -2.10. The number of hydrogen-bond donors (Lipinski definition) is 0. The Morgan fingerprint density at radius 1 is 0.519 bits per heavy atom. The number of allylic oxidation sites excluding steroid dienone is 12. The van der Waals surface area contributed by atoms with Crippen molar-refractivity contribution in [3.63, 3.8) is 0 Å². The van der Waals surface area contributed by atoms with E-state index >= 15 is 0 Å². The monoisotopic (exact) mass is 367 g/mol. The third kappa shape index (κ3) is 24.1. The van der Waals surface area contributed by atoms with E-state index in [1.807, 2.05) is 6.21 Å². The van der Waals surface area contributed by atoms with Gasteiger partial charge in [-0.1, -0.05) is 79.8 Å². The van der Waals surface area contributed by atoms with Crippen LogP contribution < -0.4 is 0 Å². The highest BCUT2D eigenvalue weighted by atomic mass is 14.8. The van der Waals surface area contributed by atoms with Crippen LogP contribution in [0.3, 0.4) is 0 Å². The Bertz CT molecular complexity index is 519. The molecule has 0 saturated heterocycles. The van der Waals surface area contributed by atoms with Crippen molar-refractivity contribution in [3.05, 3.63) is 72.9 Å². The van der Waals surface area contributed by atoms with Crippen molar-refractivity contribution in [3.8, 4) is 0 Å². The van der Waals surface area contributed by atoms with Crippen LogP contribution in [0.25, 0.3) is 0 Å². The molecule has 1 heteroatoms. The van der Waals surface area contributed by atoms with Gasteiger partial charge in [-0.3, -0.25) is 4.99 Å². The summed E-state index contributed by atoms with van der Waals surface area (Å²) in [5.41, 5.74) is 0.0541. The molecule has 0 atom stereocenters. The second kappa shape index (κ2) is 18.9. The molecule has 0 aliphatic carbocycles. The fraction of sp³-hybridized carbons (Fsp3) is 0.500. The molecule has 27 heavy (non-hydrogen) atoms. The van der Waals surface area contributed by atoms with Crippen LogP contribution in [0.2, 0.25) is 0 Å². The first kappa shape index (κ1) is 25.1. The lowest BCUT2D eigenvalue weighted by atomic mass is 10.1. The zero-order valence-corrected chi connectivity index (χ0v) is 18.1. The highest BCUT2D eigenvalue weighted by molar-refractivity contribution is 5.57. The molecule has 150 valence electrons. The summed E-state index contributed by atoms with van der Waals surface area (Å²) in [6, 6.07) is 0. The zero-order valence-electron chi connectivity index (χ0n) is 18.1. The Labute approximate surface area is 169 Å². The molecule has 0 saturated carbocycles. The molecule has 0 amide bonds. The van der Waals surface area contributed by atoms with Crippen molar-refractivity contribution in [2.45, 2.75) is 84.6 Å². The van der Waals surface area contributed by atoms with E-state index in [2.05, 4.69) is 106 Å². The molecule has 0 aliphatic rings. The van der Waals surface area contributed by atoms with E-state index in [0.29, 0.717) is 0 Å². The molecule has 0 N–H and O–H groups in total. The Balaban J connectivity index is 3.57. The summed E-state index contributed by atoms with van der Waals surface area (Å²) in [6.07, 6.45) is 37.2. The first-order valence-electron chi connectivity index (χ1n) is 10.5. The molecular formula is C26H41N. The van der Waals surface area contributed by atoms with Gasteiger partial charge in [-0.15, -0.1) is 0 Å². The van der Waals surface area contributed by atoms with Gasteiger partial charge in [-0.25, -0.2) is 0 Å². The summed E-state index contributed by atoms with van der Waals surface area (Å²) in [4.78, 5) is 4.48. The van der Waals surface area contributed by atoms with Crippen molar-refractivity contribution >= 4 is 6.21 Å². The first-order valence-corrected chi connectivity index (χ1v) is 10.5. The highest BCUT2D eigenvalue weighted by Crippen LogP contribution is 2.05. The number of hydrogen-bond acceptors (Lipinski definition) is 1. The second-order valence-electron chi connectivity index (χ2n) is 7.48. The van der Waals surface area contributed by atoms with E-state index in [-0.39, 0.29) is 5.54 Å². The largest absolute Gasteiger partial charge is 0.292 e. The van der Waals surface area contributed by atoms with Gasteiger partial charge >= 0.3 is 0 Å². The molecule has 0 heterocycles. The molecule has 0 aromatic carbocycles. The normalized spacial score (nSPS) is 14.1. The van der Waals surface area contributed by atoms with Crippen LogP contribution in [0.4, 0.5) is 0 Å². The van der Waals surface area contributed by atoms with Crippen molar-refractivity contribution in [1.29, 1.82) is 0 Å². The van der Waals surface area contributed by atoms with Crippen molar-refractivity contribution in [2.24, 2.45) is 4.99 Å². The molecule has 0 rings (SSSR count). The topological polar surface area (TPSA) is 12.4 Å². The number of aliphatic imine (C=N–C) groups is 1. The van der Waals surface area contributed by atoms with E-state index in [9.17, 15) is 0 Å². The summed E-state index contributed by atoms with van der Waals surface area (Å²) >= 11 is 0. The Morgan fingerprint density at radius 3 is 1.26 bits per heavy atom. The van der Waals surface area contributed by atoms with Crippen LogP contribution in [0.5, 0.6) is 0 Å². The standard InChI is InChI=1S/C26H41N/c1-5-6-7-8-9-10-11-12-13-14-15-16-17-18-19-20-21-22-23-24-25-27-26(2,3)4/h6-7,9-10,12-13,15-16,18-19,21-22,25H,5,8,11,14,17,20,23-24H2,1-4H3/b7-6-,10-9-,13-12-,16-15-,19-18-,22-21-,27-25+. The summed E-state index contributed by atoms with van der Waals surface area (Å²) in [6.45, 7) is 8.54. The van der Waals surface area contributed by atoms with Gasteiger partial charge in [0.05, 0.1) is 5.54 Å². The molecule has 0 radical (unpaired) electrons. The molecule has 0 spiro atoms. The van der Waals surface area contributed by atoms with E-state index in [4.69, 9.17) is 0 Å². The van der Waals surface area contributed by atoms with Crippen LogP contribution >= 0.6 is 0 Å². The summed E-state index contributed by atoms with van der Waals surface area (Å²) in [5, 5.41) is 0. The zero-order chi connectivity index (χ0) is 20.1. The molecule has 0 fully saturated rings. The van der Waals surface area contributed by atoms with E-state index in [1.54, 1.807) is 0 Å². The molecule has 0 unspecified atom stereocenters. The fourth-order valence-corrected chi connectivity index (χ4v) is 2.15. The average Bonchev–Trinajstić information content (AvgIpc) is 2.62. The van der Waals surface area contributed by atoms with Crippen LogP contribution in [-0.2, 0) is 0 Å². The summed E-state index contributed by atoms with van der Waals surface area (Å²) < 4.78 is 0. The van der Waals surface area contributed by atoms with Crippen molar-refractivity contribution < 1.29 is 0 Å². The quantitative estimate of drug-likeness (QED) is 0.166. The van der Waals surface area contributed by atoms with Gasteiger partial charge in [-0.05, 0) is 78.4 Å². The van der Waals surface area contributed by atoms with Crippen LogP contribution in [0, 0.1) is 0 Å². The van der Waals surface area contributed by atoms with Gasteiger partial charge in [0.25, 0.3) is 0 Å². The summed E-state index contributed by atoms with van der Waals surface area (Å²) in [7, 11) is 0. The number of rotatable bonds is 14. The maximum absolute atomic E-state index is 4.48.